The molecule has 1 aromatic carbocycles. The van der Waals surface area contributed by atoms with E-state index in [9.17, 15) is 9.59 Å². The Bertz CT molecular complexity index is 682. The molecule has 4 aliphatic rings. The minimum absolute atomic E-state index is 0.0642. The predicted molar refractivity (Wildman–Crippen MR) is 87.4 cm³/mol. The van der Waals surface area contributed by atoms with Crippen molar-refractivity contribution in [3.8, 4) is 0 Å². The fourth-order valence-electron chi connectivity index (χ4n) is 5.15. The van der Waals surface area contributed by atoms with Crippen LogP contribution in [0, 0.1) is 11.3 Å². The van der Waals surface area contributed by atoms with E-state index in [-0.39, 0.29) is 23.5 Å². The van der Waals surface area contributed by atoms with Crippen LogP contribution in [0.3, 0.4) is 0 Å². The third-order valence-electron chi connectivity index (χ3n) is 6.46. The molecule has 24 heavy (non-hydrogen) atoms. The maximum absolute atomic E-state index is 12.6. The molecule has 5 heteroatoms. The first kappa shape index (κ1) is 14.3. The van der Waals surface area contributed by atoms with Gasteiger partial charge < -0.3 is 15.0 Å². The largest absolute Gasteiger partial charge is 0.447 e. The van der Waals surface area contributed by atoms with Gasteiger partial charge in [0, 0.05) is 24.4 Å². The summed E-state index contributed by atoms with van der Waals surface area (Å²) in [5, 5.41) is 2.86. The van der Waals surface area contributed by atoms with Crippen molar-refractivity contribution in [3.05, 3.63) is 35.9 Å². The zero-order valence-electron chi connectivity index (χ0n) is 13.7. The fraction of sp³-hybridized carbons (Fsp3) is 0.579. The summed E-state index contributed by atoms with van der Waals surface area (Å²) in [4.78, 5) is 25.8. The van der Waals surface area contributed by atoms with Crippen LogP contribution >= 0.6 is 0 Å². The molecule has 0 unspecified atom stereocenters. The molecule has 1 N–H and O–H groups in total. The van der Waals surface area contributed by atoms with Gasteiger partial charge in [0.25, 0.3) is 0 Å². The Hall–Kier alpha value is -2.04. The summed E-state index contributed by atoms with van der Waals surface area (Å²) in [5.74, 6) is 1.01. The number of ether oxygens (including phenoxy) is 1. The molecule has 4 fully saturated rings. The van der Waals surface area contributed by atoms with Crippen molar-refractivity contribution in [3.63, 3.8) is 0 Å². The Morgan fingerprint density at radius 3 is 2.46 bits per heavy atom. The molecule has 2 spiro atoms. The molecular weight excluding hydrogens is 304 g/mol. The summed E-state index contributed by atoms with van der Waals surface area (Å²) in [6.45, 7) is 2.25. The SMILES string of the molecule is O=C1N[C@]2(CO1)C[C@H](C(=O)N1CC3(CC(c4ccccc4)C3)C1)C2. The molecule has 2 amide bonds. The Kier molecular flexibility index (Phi) is 2.83. The van der Waals surface area contributed by atoms with E-state index in [4.69, 9.17) is 4.74 Å². The standard InChI is InChI=1S/C19H22N2O3/c22-16(15-8-19(9-15)12-24-17(23)20-19)21-10-18(11-21)6-14(7-18)13-4-2-1-3-5-13/h1-5,14-15H,6-12H2,(H,20,23)/t15-,19+. The zero-order valence-corrected chi connectivity index (χ0v) is 13.7. The number of hydrogen-bond donors (Lipinski definition) is 1. The van der Waals surface area contributed by atoms with Crippen LogP contribution in [0.25, 0.3) is 0 Å². The molecule has 2 heterocycles. The first-order chi connectivity index (χ1) is 11.6. The maximum atomic E-state index is 12.6. The lowest BCUT2D eigenvalue weighted by atomic mass is 9.55. The third kappa shape index (κ3) is 2.06. The number of benzene rings is 1. The summed E-state index contributed by atoms with van der Waals surface area (Å²) in [6.07, 6.45) is 3.53. The van der Waals surface area contributed by atoms with Crippen LogP contribution in [0.5, 0.6) is 0 Å². The van der Waals surface area contributed by atoms with E-state index in [1.807, 2.05) is 4.90 Å². The van der Waals surface area contributed by atoms with Crippen molar-refractivity contribution in [1.29, 1.82) is 0 Å². The van der Waals surface area contributed by atoms with E-state index in [1.165, 1.54) is 18.4 Å². The van der Waals surface area contributed by atoms with Crippen LogP contribution in [0.1, 0.15) is 37.2 Å². The number of amides is 2. The summed E-state index contributed by atoms with van der Waals surface area (Å²) in [5.41, 5.74) is 1.56. The normalized spacial score (nSPS) is 27.2. The quantitative estimate of drug-likeness (QED) is 0.907. The Morgan fingerprint density at radius 1 is 1.12 bits per heavy atom. The van der Waals surface area contributed by atoms with Crippen LogP contribution < -0.4 is 5.32 Å². The topological polar surface area (TPSA) is 58.6 Å². The van der Waals surface area contributed by atoms with E-state index < -0.39 is 0 Å². The molecule has 2 aliphatic carbocycles. The van der Waals surface area contributed by atoms with Crippen LogP contribution in [0.15, 0.2) is 30.3 Å². The van der Waals surface area contributed by atoms with E-state index in [0.29, 0.717) is 17.9 Å². The molecule has 0 radical (unpaired) electrons. The summed E-state index contributed by atoms with van der Waals surface area (Å²) < 4.78 is 4.98. The number of alkyl carbamates (subject to hydrolysis) is 1. The van der Waals surface area contributed by atoms with Gasteiger partial charge in [0.1, 0.15) is 6.61 Å². The van der Waals surface area contributed by atoms with Gasteiger partial charge in [-0.1, -0.05) is 30.3 Å². The Morgan fingerprint density at radius 2 is 1.83 bits per heavy atom. The molecule has 0 aromatic heterocycles. The van der Waals surface area contributed by atoms with Crippen LogP contribution in [0.2, 0.25) is 0 Å². The molecule has 2 saturated carbocycles. The smallest absolute Gasteiger partial charge is 0.407 e. The Labute approximate surface area is 141 Å². The number of carbonyl (C=O) groups is 2. The number of nitrogens with one attached hydrogen (secondary N) is 1. The van der Waals surface area contributed by atoms with Gasteiger partial charge >= 0.3 is 6.09 Å². The zero-order chi connectivity index (χ0) is 16.4. The van der Waals surface area contributed by atoms with Gasteiger partial charge in [0.05, 0.1) is 5.54 Å². The average Bonchev–Trinajstić information content (AvgIpc) is 2.86. The van der Waals surface area contributed by atoms with Gasteiger partial charge in [-0.25, -0.2) is 4.79 Å². The highest BCUT2D eigenvalue weighted by molar-refractivity contribution is 5.82. The highest BCUT2D eigenvalue weighted by Gasteiger charge is 2.58. The second kappa shape index (κ2) is 4.74. The highest BCUT2D eigenvalue weighted by Crippen LogP contribution is 2.56. The van der Waals surface area contributed by atoms with Gasteiger partial charge in [-0.05, 0) is 37.2 Å². The first-order valence-corrected chi connectivity index (χ1v) is 8.85. The van der Waals surface area contributed by atoms with E-state index >= 15 is 0 Å². The number of rotatable bonds is 2. The molecule has 0 atom stereocenters. The van der Waals surface area contributed by atoms with Gasteiger partial charge in [-0.2, -0.15) is 0 Å². The minimum atomic E-state index is -0.342. The maximum Gasteiger partial charge on any atom is 0.407 e. The lowest BCUT2D eigenvalue weighted by Crippen LogP contribution is -2.66. The summed E-state index contributed by atoms with van der Waals surface area (Å²) in [7, 11) is 0. The van der Waals surface area contributed by atoms with Crippen molar-refractivity contribution in [2.45, 2.75) is 37.1 Å². The second-order valence-electron chi connectivity index (χ2n) is 8.30. The van der Waals surface area contributed by atoms with Crippen molar-refractivity contribution in [1.82, 2.24) is 10.2 Å². The van der Waals surface area contributed by atoms with Gasteiger partial charge in [-0.15, -0.1) is 0 Å². The van der Waals surface area contributed by atoms with Crippen LogP contribution in [-0.4, -0.2) is 42.1 Å². The van der Waals surface area contributed by atoms with Crippen LogP contribution in [-0.2, 0) is 9.53 Å². The Balaban J connectivity index is 1.12. The lowest BCUT2D eigenvalue weighted by Gasteiger charge is -2.60. The average molecular weight is 326 g/mol. The summed E-state index contributed by atoms with van der Waals surface area (Å²) in [6, 6.07) is 10.7. The van der Waals surface area contributed by atoms with Gasteiger partial charge in [-0.3, -0.25) is 4.79 Å². The molecule has 0 bridgehead atoms. The third-order valence-corrected chi connectivity index (χ3v) is 6.46. The van der Waals surface area contributed by atoms with Crippen molar-refractivity contribution >= 4 is 12.0 Å². The number of hydrogen-bond acceptors (Lipinski definition) is 3. The molecule has 2 aliphatic heterocycles. The number of nitrogens with zero attached hydrogens (tertiary/aromatic N) is 1. The van der Waals surface area contributed by atoms with Crippen LogP contribution in [0.4, 0.5) is 4.79 Å². The monoisotopic (exact) mass is 326 g/mol. The van der Waals surface area contributed by atoms with E-state index in [0.717, 1.165) is 25.9 Å². The molecule has 5 rings (SSSR count). The molecule has 1 aromatic rings. The molecule has 5 nitrogen and oxygen atoms in total. The second-order valence-corrected chi connectivity index (χ2v) is 8.30. The molecular formula is C19H22N2O3. The summed E-state index contributed by atoms with van der Waals surface area (Å²) >= 11 is 0. The number of cyclic esters (lactones) is 1. The van der Waals surface area contributed by atoms with E-state index in [2.05, 4.69) is 35.6 Å². The lowest BCUT2D eigenvalue weighted by molar-refractivity contribution is -0.161. The van der Waals surface area contributed by atoms with Crippen molar-refractivity contribution < 1.29 is 14.3 Å². The first-order valence-electron chi connectivity index (χ1n) is 8.85. The van der Waals surface area contributed by atoms with Gasteiger partial charge in [0.2, 0.25) is 5.91 Å². The fourth-order valence-corrected chi connectivity index (χ4v) is 5.15. The van der Waals surface area contributed by atoms with E-state index in [1.54, 1.807) is 0 Å². The number of likely N-dealkylation sites (tertiary alicyclic amines) is 1. The molecule has 126 valence electrons. The van der Waals surface area contributed by atoms with Crippen molar-refractivity contribution in [2.24, 2.45) is 11.3 Å². The molecule has 2 saturated heterocycles. The number of carbonyl (C=O) groups excluding carboxylic acids is 2. The van der Waals surface area contributed by atoms with Gasteiger partial charge in [0.15, 0.2) is 0 Å². The minimum Gasteiger partial charge on any atom is -0.447 e. The predicted octanol–water partition coefficient (Wildman–Crippen LogP) is 2.28. The highest BCUT2D eigenvalue weighted by atomic mass is 16.6. The van der Waals surface area contributed by atoms with Crippen molar-refractivity contribution in [2.75, 3.05) is 19.7 Å².